The molecule has 0 unspecified atom stereocenters. The van der Waals surface area contributed by atoms with Crippen LogP contribution < -0.4 is 4.57 Å². The predicted octanol–water partition coefficient (Wildman–Crippen LogP) is 0.624. The molecule has 0 N–H and O–H groups in total. The maximum atomic E-state index is 7.43. The molecule has 1 aromatic rings. The fourth-order valence-corrected chi connectivity index (χ4v) is 0.600. The van der Waals surface area contributed by atoms with E-state index in [-0.39, 0.29) is 0 Å². The van der Waals surface area contributed by atoms with Gasteiger partial charge in [-0.3, -0.25) is 0 Å². The lowest BCUT2D eigenvalue weighted by atomic mass is 10.8. The van der Waals surface area contributed by atoms with Crippen LogP contribution >= 0.6 is 0 Å². The van der Waals surface area contributed by atoms with Crippen molar-refractivity contribution in [3.63, 3.8) is 0 Å². The summed E-state index contributed by atoms with van der Waals surface area (Å²) in [6.45, 7) is 3.59. The van der Waals surface area contributed by atoms with Crippen LogP contribution in [0, 0.1) is 11.5 Å². The molecule has 0 spiro atoms. The van der Waals surface area contributed by atoms with Crippen LogP contribution in [-0.4, -0.2) is 10.6 Å². The summed E-state index contributed by atoms with van der Waals surface area (Å²) in [7, 11) is 1.97. The van der Waals surface area contributed by atoms with Crippen molar-refractivity contribution in [1.29, 1.82) is 5.26 Å². The van der Waals surface area contributed by atoms with E-state index in [1.54, 1.807) is 6.20 Å². The van der Waals surface area contributed by atoms with E-state index in [9.17, 15) is 0 Å². The van der Waals surface area contributed by atoms with E-state index in [0.29, 0.717) is 0 Å². The Morgan fingerprint density at radius 2 is 2.46 bits per heavy atom. The van der Waals surface area contributed by atoms with E-state index in [1.807, 2.05) is 34.9 Å². The van der Waals surface area contributed by atoms with Crippen LogP contribution in [0.5, 0.6) is 0 Å². The van der Waals surface area contributed by atoms with E-state index in [2.05, 4.69) is 11.6 Å². The summed E-state index contributed by atoms with van der Waals surface area (Å²) in [5.74, 6) is 0. The Kier molecular flexibility index (Phi) is 5.43. The molecule has 0 aromatic carbocycles. The second-order valence-corrected chi connectivity index (χ2v) is 2.02. The van der Waals surface area contributed by atoms with Gasteiger partial charge in [-0.2, -0.15) is 5.26 Å². The molecule has 0 fully saturated rings. The molecule has 1 rings (SSSR count). The molecule has 13 heavy (non-hydrogen) atoms. The van der Waals surface area contributed by atoms with Gasteiger partial charge in [-0.1, -0.05) is 6.58 Å². The van der Waals surface area contributed by atoms with Gasteiger partial charge in [-0.15, -0.1) is 6.01 Å². The zero-order chi connectivity index (χ0) is 10.1. The average Bonchev–Trinajstić information content (AvgIpc) is 2.54. The van der Waals surface area contributed by atoms with Crippen molar-refractivity contribution < 1.29 is 4.57 Å². The van der Waals surface area contributed by atoms with Crippen LogP contribution in [0.4, 0.5) is 0 Å². The van der Waals surface area contributed by atoms with Gasteiger partial charge in [0.2, 0.25) is 6.33 Å². The van der Waals surface area contributed by atoms with E-state index in [4.69, 9.17) is 10.7 Å². The van der Waals surface area contributed by atoms with E-state index >= 15 is 0 Å². The molecular weight excluding hydrogens is 166 g/mol. The minimum atomic E-state index is 1.28. The number of aromatic nitrogens is 2. The SMILES string of the molecule is C=Cn1cc[n+](C)c1.N#CN=C=[N-]. The Labute approximate surface area is 76.4 Å². The topological polar surface area (TPSA) is 67.3 Å². The van der Waals surface area contributed by atoms with Crippen LogP contribution in [0.1, 0.15) is 0 Å². The van der Waals surface area contributed by atoms with Crippen molar-refractivity contribution >= 4 is 12.2 Å². The number of imidazole rings is 1. The molecule has 0 saturated carbocycles. The van der Waals surface area contributed by atoms with Gasteiger partial charge in [0.05, 0.1) is 19.4 Å². The van der Waals surface area contributed by atoms with Gasteiger partial charge in [0.25, 0.3) is 0 Å². The summed E-state index contributed by atoms with van der Waals surface area (Å²) in [5, 5.41) is 14.9. The Balaban J connectivity index is 0.000000252. The Bertz CT molecular complexity index is 351. The Hall–Kier alpha value is -2.18. The number of hydrogen-bond donors (Lipinski definition) is 0. The zero-order valence-corrected chi connectivity index (χ0v) is 7.25. The van der Waals surface area contributed by atoms with Gasteiger partial charge in [-0.05, 0) is 0 Å². The van der Waals surface area contributed by atoms with Gasteiger partial charge in [-0.25, -0.2) is 9.13 Å². The highest BCUT2D eigenvalue weighted by Gasteiger charge is 1.90. The summed E-state index contributed by atoms with van der Waals surface area (Å²) in [6, 6.07) is 1.28. The minimum Gasteiger partial charge on any atom is -0.422 e. The second kappa shape index (κ2) is 6.53. The van der Waals surface area contributed by atoms with Crippen molar-refractivity contribution in [2.75, 3.05) is 0 Å². The molecule has 0 atom stereocenters. The molecule has 0 radical (unpaired) electrons. The third-order valence-corrected chi connectivity index (χ3v) is 1.10. The van der Waals surface area contributed by atoms with Gasteiger partial charge >= 0.3 is 0 Å². The van der Waals surface area contributed by atoms with Crippen molar-refractivity contribution in [1.82, 2.24) is 4.57 Å². The van der Waals surface area contributed by atoms with E-state index in [0.717, 1.165) is 0 Å². The molecule has 0 aliphatic rings. The first kappa shape index (κ1) is 10.8. The summed E-state index contributed by atoms with van der Waals surface area (Å²) in [6.07, 6.45) is 8.87. The number of aryl methyl sites for hydroxylation is 1. The Morgan fingerprint density at radius 1 is 1.77 bits per heavy atom. The van der Waals surface area contributed by atoms with Crippen molar-refractivity contribution in [2.24, 2.45) is 12.0 Å². The molecule has 0 saturated heterocycles. The van der Waals surface area contributed by atoms with Crippen molar-refractivity contribution in [3.05, 3.63) is 30.7 Å². The second-order valence-electron chi connectivity index (χ2n) is 2.02. The molecule has 5 heteroatoms. The summed E-state index contributed by atoms with van der Waals surface area (Å²) in [4.78, 5) is 2.58. The van der Waals surface area contributed by atoms with Gasteiger partial charge < -0.3 is 10.4 Å². The van der Waals surface area contributed by atoms with Crippen molar-refractivity contribution in [2.45, 2.75) is 0 Å². The highest BCUT2D eigenvalue weighted by Crippen LogP contribution is 1.79. The average molecular weight is 175 g/mol. The maximum Gasteiger partial charge on any atom is 0.248 e. The standard InChI is InChI=1S/C6H9N2.C2N3/c1-3-8-5-4-7(2)6-8;3-1-5-2-4/h3-6H,1H2,2H3;/q+1;-1. The highest BCUT2D eigenvalue weighted by atomic mass is 15.1. The zero-order valence-electron chi connectivity index (χ0n) is 7.25. The summed E-state index contributed by atoms with van der Waals surface area (Å²) >= 11 is 0. The van der Waals surface area contributed by atoms with Gasteiger partial charge in [0.15, 0.2) is 0 Å². The lowest BCUT2D eigenvalue weighted by molar-refractivity contribution is -0.670. The first-order valence-corrected chi connectivity index (χ1v) is 3.37. The van der Waals surface area contributed by atoms with Crippen LogP contribution in [0.15, 0.2) is 30.3 Å². The molecule has 0 amide bonds. The Morgan fingerprint density at radius 3 is 2.62 bits per heavy atom. The van der Waals surface area contributed by atoms with Gasteiger partial charge in [0, 0.05) is 0 Å². The van der Waals surface area contributed by atoms with E-state index < -0.39 is 0 Å². The molecule has 1 aromatic heterocycles. The van der Waals surface area contributed by atoms with Crippen LogP contribution in [0.2, 0.25) is 0 Å². The normalized spacial score (nSPS) is 7.08. The molecule has 5 nitrogen and oxygen atoms in total. The number of nitriles is 1. The van der Waals surface area contributed by atoms with Gasteiger partial charge in [0.1, 0.15) is 12.4 Å². The third kappa shape index (κ3) is 5.13. The van der Waals surface area contributed by atoms with Crippen molar-refractivity contribution in [3.8, 4) is 6.19 Å². The minimum absolute atomic E-state index is 1.28. The first-order valence-electron chi connectivity index (χ1n) is 3.37. The molecular formula is C8H9N5. The highest BCUT2D eigenvalue weighted by molar-refractivity contribution is 5.46. The molecule has 66 valence electrons. The number of nitrogens with zero attached hydrogens (tertiary/aromatic N) is 5. The molecule has 0 bridgehead atoms. The van der Waals surface area contributed by atoms with Crippen LogP contribution in [0.3, 0.4) is 0 Å². The fourth-order valence-electron chi connectivity index (χ4n) is 0.600. The van der Waals surface area contributed by atoms with E-state index in [1.165, 1.54) is 12.2 Å². The summed E-state index contributed by atoms with van der Waals surface area (Å²) in [5.41, 5.74) is 0. The number of aliphatic imine (C=N–C) groups is 1. The third-order valence-electron chi connectivity index (χ3n) is 1.10. The molecule has 0 aliphatic heterocycles. The number of hydrogen-bond acceptors (Lipinski definition) is 2. The van der Waals surface area contributed by atoms with Crippen LogP contribution in [0.25, 0.3) is 11.6 Å². The van der Waals surface area contributed by atoms with Crippen LogP contribution in [-0.2, 0) is 7.05 Å². The lowest BCUT2D eigenvalue weighted by Gasteiger charge is -1.74. The predicted molar refractivity (Wildman–Crippen MR) is 48.4 cm³/mol. The molecule has 1 heterocycles. The lowest BCUT2D eigenvalue weighted by Crippen LogP contribution is -2.23. The largest absolute Gasteiger partial charge is 0.422 e. The first-order chi connectivity index (χ1) is 6.24. The molecule has 0 aliphatic carbocycles. The quantitative estimate of drug-likeness (QED) is 0.350. The monoisotopic (exact) mass is 175 g/mol. The fraction of sp³-hybridized carbons (Fsp3) is 0.125. The summed E-state index contributed by atoms with van der Waals surface area (Å²) < 4.78 is 3.85. The maximum absolute atomic E-state index is 7.43. The smallest absolute Gasteiger partial charge is 0.248 e. The number of rotatable bonds is 1.